The molecule has 0 spiro atoms. The third-order valence-electron chi connectivity index (χ3n) is 4.12. The average molecular weight is 351 g/mol. The van der Waals surface area contributed by atoms with E-state index in [2.05, 4.69) is 14.9 Å². The van der Waals surface area contributed by atoms with Gasteiger partial charge in [-0.15, -0.1) is 11.3 Å². The Morgan fingerprint density at radius 1 is 1.39 bits per heavy atom. The molecule has 0 atom stereocenters. The number of hydrogen-bond acceptors (Lipinski definition) is 5. The van der Waals surface area contributed by atoms with E-state index in [0.717, 1.165) is 41.0 Å². The Balaban J connectivity index is 1.53. The van der Waals surface area contributed by atoms with Crippen LogP contribution in [0.2, 0.25) is 4.34 Å². The summed E-state index contributed by atoms with van der Waals surface area (Å²) in [4.78, 5) is 26.1. The Morgan fingerprint density at radius 3 is 2.78 bits per heavy atom. The largest absolute Gasteiger partial charge is 0.355 e. The Labute approximate surface area is 144 Å². The third-order valence-corrected chi connectivity index (χ3v) is 5.33. The summed E-state index contributed by atoms with van der Waals surface area (Å²) in [6.45, 7) is 2.31. The number of piperidine rings is 1. The van der Waals surface area contributed by atoms with E-state index in [4.69, 9.17) is 11.6 Å². The van der Waals surface area contributed by atoms with Crippen molar-refractivity contribution in [1.29, 1.82) is 0 Å². The fraction of sp³-hybridized carbons (Fsp3) is 0.438. The van der Waals surface area contributed by atoms with E-state index >= 15 is 0 Å². The molecule has 122 valence electrons. The number of halogens is 1. The normalized spacial score (nSPS) is 15.7. The fourth-order valence-corrected chi connectivity index (χ4v) is 4.01. The van der Waals surface area contributed by atoms with Crippen LogP contribution in [-0.4, -0.2) is 40.9 Å². The van der Waals surface area contributed by atoms with Gasteiger partial charge in [-0.05, 0) is 25.0 Å². The number of carbonyl (C=O) groups excluding carboxylic acids is 1. The van der Waals surface area contributed by atoms with Gasteiger partial charge in [-0.25, -0.2) is 4.98 Å². The van der Waals surface area contributed by atoms with Gasteiger partial charge in [-0.1, -0.05) is 11.6 Å². The van der Waals surface area contributed by atoms with Crippen molar-refractivity contribution in [3.05, 3.63) is 39.9 Å². The first-order chi connectivity index (χ1) is 11.1. The number of hydrogen-bond donors (Lipinski definition) is 0. The Morgan fingerprint density at radius 2 is 2.17 bits per heavy atom. The minimum atomic E-state index is 0.0864. The van der Waals surface area contributed by atoms with E-state index in [0.29, 0.717) is 6.54 Å². The van der Waals surface area contributed by atoms with Gasteiger partial charge in [0.1, 0.15) is 5.82 Å². The van der Waals surface area contributed by atoms with Crippen LogP contribution in [0.4, 0.5) is 5.82 Å². The summed E-state index contributed by atoms with van der Waals surface area (Å²) in [6.07, 6.45) is 6.85. The lowest BCUT2D eigenvalue weighted by Gasteiger charge is -2.33. The molecular formula is C16H19ClN4OS. The van der Waals surface area contributed by atoms with Crippen molar-refractivity contribution in [1.82, 2.24) is 14.9 Å². The average Bonchev–Trinajstić information content (AvgIpc) is 3.00. The van der Waals surface area contributed by atoms with Crippen LogP contribution in [-0.2, 0) is 11.3 Å². The fourth-order valence-electron chi connectivity index (χ4n) is 2.87. The monoisotopic (exact) mass is 350 g/mol. The lowest BCUT2D eigenvalue weighted by molar-refractivity contribution is -0.135. The number of nitrogens with zero attached hydrogens (tertiary/aromatic N) is 4. The molecule has 0 radical (unpaired) electrons. The molecule has 23 heavy (non-hydrogen) atoms. The first-order valence-electron chi connectivity index (χ1n) is 7.63. The standard InChI is InChI=1S/C16H19ClN4OS/c1-20(11-13-2-3-14(17)23-13)16(22)12-4-8-21(9-5-12)15-10-18-6-7-19-15/h2-3,6-7,10,12H,4-5,8-9,11H2,1H3. The van der Waals surface area contributed by atoms with E-state index in [-0.39, 0.29) is 11.8 Å². The summed E-state index contributed by atoms with van der Waals surface area (Å²) in [6, 6.07) is 3.85. The number of thiophene rings is 1. The van der Waals surface area contributed by atoms with Gasteiger partial charge in [0, 0.05) is 43.3 Å². The zero-order chi connectivity index (χ0) is 16.2. The first kappa shape index (κ1) is 16.2. The van der Waals surface area contributed by atoms with Gasteiger partial charge in [0.15, 0.2) is 0 Å². The highest BCUT2D eigenvalue weighted by Crippen LogP contribution is 2.25. The van der Waals surface area contributed by atoms with Crippen molar-refractivity contribution in [2.24, 2.45) is 5.92 Å². The quantitative estimate of drug-likeness (QED) is 0.850. The highest BCUT2D eigenvalue weighted by atomic mass is 35.5. The second kappa shape index (κ2) is 7.27. The zero-order valence-electron chi connectivity index (χ0n) is 13.0. The number of rotatable bonds is 4. The molecule has 0 unspecified atom stereocenters. The second-order valence-corrected chi connectivity index (χ2v) is 7.52. The summed E-state index contributed by atoms with van der Waals surface area (Å²) >= 11 is 7.47. The molecule has 3 heterocycles. The van der Waals surface area contributed by atoms with Gasteiger partial charge in [-0.2, -0.15) is 0 Å². The molecule has 0 saturated carbocycles. The molecule has 1 aliphatic rings. The molecule has 1 aliphatic heterocycles. The summed E-state index contributed by atoms with van der Waals surface area (Å²) in [5, 5.41) is 0. The maximum absolute atomic E-state index is 12.6. The van der Waals surface area contributed by atoms with E-state index in [9.17, 15) is 4.79 Å². The Kier molecular flexibility index (Phi) is 5.13. The van der Waals surface area contributed by atoms with Crippen LogP contribution < -0.4 is 4.90 Å². The van der Waals surface area contributed by atoms with Crippen LogP contribution in [0.25, 0.3) is 0 Å². The van der Waals surface area contributed by atoms with Crippen molar-refractivity contribution in [2.75, 3.05) is 25.0 Å². The lowest BCUT2D eigenvalue weighted by atomic mass is 9.95. The molecule has 1 saturated heterocycles. The van der Waals surface area contributed by atoms with Crippen molar-refractivity contribution in [2.45, 2.75) is 19.4 Å². The predicted molar refractivity (Wildman–Crippen MR) is 92.8 cm³/mol. The number of aromatic nitrogens is 2. The highest BCUT2D eigenvalue weighted by Gasteiger charge is 2.27. The van der Waals surface area contributed by atoms with Gasteiger partial charge in [0.25, 0.3) is 0 Å². The molecule has 0 N–H and O–H groups in total. The molecule has 3 rings (SSSR count). The SMILES string of the molecule is CN(Cc1ccc(Cl)s1)C(=O)C1CCN(c2cnccn2)CC1. The van der Waals surface area contributed by atoms with E-state index in [1.54, 1.807) is 18.6 Å². The minimum absolute atomic E-state index is 0.0864. The molecule has 1 amide bonds. The van der Waals surface area contributed by atoms with Crippen molar-refractivity contribution in [3.8, 4) is 0 Å². The topological polar surface area (TPSA) is 49.3 Å². The van der Waals surface area contributed by atoms with Crippen LogP contribution in [0.3, 0.4) is 0 Å². The summed E-state index contributed by atoms with van der Waals surface area (Å²) < 4.78 is 0.762. The Bertz CT molecular complexity index is 655. The zero-order valence-corrected chi connectivity index (χ0v) is 14.6. The molecule has 1 fully saturated rings. The molecule has 5 nitrogen and oxygen atoms in total. The lowest BCUT2D eigenvalue weighted by Crippen LogP contribution is -2.41. The highest BCUT2D eigenvalue weighted by molar-refractivity contribution is 7.16. The Hall–Kier alpha value is -1.66. The minimum Gasteiger partial charge on any atom is -0.355 e. The van der Waals surface area contributed by atoms with Gasteiger partial charge >= 0.3 is 0 Å². The number of amides is 1. The van der Waals surface area contributed by atoms with Crippen LogP contribution in [0.15, 0.2) is 30.7 Å². The van der Waals surface area contributed by atoms with Crippen molar-refractivity contribution < 1.29 is 4.79 Å². The van der Waals surface area contributed by atoms with Crippen LogP contribution in [0, 0.1) is 5.92 Å². The summed E-state index contributed by atoms with van der Waals surface area (Å²) in [5.41, 5.74) is 0. The number of carbonyl (C=O) groups is 1. The van der Waals surface area contributed by atoms with Crippen LogP contribution in [0.5, 0.6) is 0 Å². The van der Waals surface area contributed by atoms with Gasteiger partial charge in [0.05, 0.1) is 17.1 Å². The third kappa shape index (κ3) is 4.00. The van der Waals surface area contributed by atoms with Gasteiger partial charge in [0.2, 0.25) is 5.91 Å². The molecule has 2 aromatic heterocycles. The number of anilines is 1. The summed E-state index contributed by atoms with van der Waals surface area (Å²) in [5.74, 6) is 1.19. The molecule has 0 bridgehead atoms. The van der Waals surface area contributed by atoms with Gasteiger partial charge < -0.3 is 9.80 Å². The first-order valence-corrected chi connectivity index (χ1v) is 8.83. The van der Waals surface area contributed by atoms with E-state index < -0.39 is 0 Å². The van der Waals surface area contributed by atoms with Crippen LogP contribution in [0.1, 0.15) is 17.7 Å². The van der Waals surface area contributed by atoms with Gasteiger partial charge in [-0.3, -0.25) is 9.78 Å². The predicted octanol–water partition coefficient (Wildman–Crippen LogP) is 3.07. The molecule has 0 aliphatic carbocycles. The molecule has 2 aromatic rings. The maximum atomic E-state index is 12.6. The van der Waals surface area contributed by atoms with E-state index in [1.165, 1.54) is 11.3 Å². The maximum Gasteiger partial charge on any atom is 0.225 e. The summed E-state index contributed by atoms with van der Waals surface area (Å²) in [7, 11) is 1.87. The molecular weight excluding hydrogens is 332 g/mol. The van der Waals surface area contributed by atoms with Crippen molar-refractivity contribution in [3.63, 3.8) is 0 Å². The smallest absolute Gasteiger partial charge is 0.225 e. The van der Waals surface area contributed by atoms with Crippen LogP contribution >= 0.6 is 22.9 Å². The van der Waals surface area contributed by atoms with Crippen molar-refractivity contribution >= 4 is 34.7 Å². The molecule has 0 aromatic carbocycles. The molecule has 7 heteroatoms. The van der Waals surface area contributed by atoms with E-state index in [1.807, 2.05) is 24.1 Å². The second-order valence-electron chi connectivity index (χ2n) is 5.73.